The summed E-state index contributed by atoms with van der Waals surface area (Å²) in [4.78, 5) is 11.9. The first-order chi connectivity index (χ1) is 9.45. The van der Waals surface area contributed by atoms with Gasteiger partial charge in [0.25, 0.3) is 0 Å². The van der Waals surface area contributed by atoms with Crippen molar-refractivity contribution >= 4 is 62.2 Å². The Morgan fingerprint density at radius 3 is 2.55 bits per heavy atom. The zero-order chi connectivity index (χ0) is 14.7. The highest BCUT2D eigenvalue weighted by molar-refractivity contribution is 9.10. The summed E-state index contributed by atoms with van der Waals surface area (Å²) in [5.41, 5.74) is 7.27. The van der Waals surface area contributed by atoms with Crippen LogP contribution in [0.4, 0.5) is 21.9 Å². The van der Waals surface area contributed by atoms with Gasteiger partial charge in [-0.3, -0.25) is 0 Å². The first-order valence-corrected chi connectivity index (χ1v) is 7.08. The molecule has 4 N–H and O–H groups in total. The standard InChI is InChI=1S/C13H10BrCl2N3O/c14-9-3-2-8(6-11(9)17)18-13(20)19-12-5-7(15)1-4-10(12)16/h1-6H,17H2,(H2,18,19,20). The van der Waals surface area contributed by atoms with E-state index in [-0.39, 0.29) is 0 Å². The maximum atomic E-state index is 11.9. The fourth-order valence-corrected chi connectivity index (χ4v) is 2.08. The molecule has 0 spiro atoms. The molecule has 104 valence electrons. The minimum Gasteiger partial charge on any atom is -0.398 e. The van der Waals surface area contributed by atoms with Crippen molar-refractivity contribution in [3.8, 4) is 0 Å². The Balaban J connectivity index is 2.09. The molecule has 0 heterocycles. The minimum atomic E-state index is -0.434. The topological polar surface area (TPSA) is 67.1 Å². The van der Waals surface area contributed by atoms with E-state index in [1.165, 1.54) is 0 Å². The summed E-state index contributed by atoms with van der Waals surface area (Å²) < 4.78 is 0.765. The van der Waals surface area contributed by atoms with Crippen molar-refractivity contribution in [1.82, 2.24) is 0 Å². The van der Waals surface area contributed by atoms with Crippen molar-refractivity contribution in [3.05, 3.63) is 50.9 Å². The van der Waals surface area contributed by atoms with Gasteiger partial charge in [0.05, 0.1) is 10.7 Å². The van der Waals surface area contributed by atoms with E-state index >= 15 is 0 Å². The molecule has 0 aliphatic heterocycles. The van der Waals surface area contributed by atoms with Gasteiger partial charge in [-0.05, 0) is 52.3 Å². The molecular weight excluding hydrogens is 365 g/mol. The van der Waals surface area contributed by atoms with Crippen LogP contribution >= 0.6 is 39.1 Å². The molecule has 4 nitrogen and oxygen atoms in total. The van der Waals surface area contributed by atoms with Crippen LogP contribution in [0.3, 0.4) is 0 Å². The van der Waals surface area contributed by atoms with Gasteiger partial charge in [-0.15, -0.1) is 0 Å². The molecule has 2 rings (SSSR count). The van der Waals surface area contributed by atoms with Crippen LogP contribution in [-0.4, -0.2) is 6.03 Å². The third kappa shape index (κ3) is 3.79. The average molecular weight is 375 g/mol. The summed E-state index contributed by atoms with van der Waals surface area (Å²) in [5, 5.41) is 6.15. The van der Waals surface area contributed by atoms with Gasteiger partial charge in [0.1, 0.15) is 0 Å². The maximum Gasteiger partial charge on any atom is 0.323 e. The van der Waals surface area contributed by atoms with Crippen molar-refractivity contribution in [1.29, 1.82) is 0 Å². The first kappa shape index (κ1) is 15.0. The highest BCUT2D eigenvalue weighted by atomic mass is 79.9. The fraction of sp³-hybridized carbons (Fsp3) is 0. The number of carbonyl (C=O) groups is 1. The number of halogens is 3. The molecule has 2 amide bonds. The number of rotatable bonds is 2. The molecule has 0 atom stereocenters. The van der Waals surface area contributed by atoms with Gasteiger partial charge in [-0.25, -0.2) is 4.79 Å². The maximum absolute atomic E-state index is 11.9. The lowest BCUT2D eigenvalue weighted by atomic mass is 10.3. The van der Waals surface area contributed by atoms with Crippen molar-refractivity contribution in [2.45, 2.75) is 0 Å². The van der Waals surface area contributed by atoms with E-state index in [9.17, 15) is 4.79 Å². The first-order valence-electron chi connectivity index (χ1n) is 5.54. The van der Waals surface area contributed by atoms with E-state index in [1.807, 2.05) is 0 Å². The Kier molecular flexibility index (Phi) is 4.75. The second-order valence-corrected chi connectivity index (χ2v) is 5.64. The summed E-state index contributed by atoms with van der Waals surface area (Å²) in [6.07, 6.45) is 0. The second kappa shape index (κ2) is 6.35. The number of nitrogen functional groups attached to an aromatic ring is 1. The molecule has 0 saturated heterocycles. The lowest BCUT2D eigenvalue weighted by Crippen LogP contribution is -2.19. The predicted molar refractivity (Wildman–Crippen MR) is 87.7 cm³/mol. The lowest BCUT2D eigenvalue weighted by Gasteiger charge is -2.10. The van der Waals surface area contributed by atoms with E-state index in [0.717, 1.165) is 4.47 Å². The van der Waals surface area contributed by atoms with Crippen molar-refractivity contribution < 1.29 is 4.79 Å². The molecule has 0 fully saturated rings. The quantitative estimate of drug-likeness (QED) is 0.648. The summed E-state index contributed by atoms with van der Waals surface area (Å²) in [6, 6.07) is 9.50. The zero-order valence-corrected chi connectivity index (χ0v) is 13.2. The van der Waals surface area contributed by atoms with Crippen LogP contribution in [0.2, 0.25) is 10.0 Å². The van der Waals surface area contributed by atoms with Gasteiger partial charge in [0, 0.05) is 20.9 Å². The van der Waals surface area contributed by atoms with Gasteiger partial charge in [0.15, 0.2) is 0 Å². The number of nitrogens with two attached hydrogens (primary N) is 1. The highest BCUT2D eigenvalue weighted by Gasteiger charge is 2.07. The van der Waals surface area contributed by atoms with Crippen LogP contribution in [0.25, 0.3) is 0 Å². The molecule has 0 bridgehead atoms. The number of benzene rings is 2. The van der Waals surface area contributed by atoms with E-state index in [4.69, 9.17) is 28.9 Å². The zero-order valence-electron chi connectivity index (χ0n) is 10.1. The normalized spacial score (nSPS) is 10.2. The monoisotopic (exact) mass is 373 g/mol. The molecule has 2 aromatic rings. The predicted octanol–water partition coefficient (Wildman–Crippen LogP) is 4.98. The SMILES string of the molecule is Nc1cc(NC(=O)Nc2cc(Cl)ccc2Cl)ccc1Br. The van der Waals surface area contributed by atoms with Crippen molar-refractivity contribution in [2.24, 2.45) is 0 Å². The van der Waals surface area contributed by atoms with Crippen LogP contribution in [0.15, 0.2) is 40.9 Å². The minimum absolute atomic E-state index is 0.403. The largest absolute Gasteiger partial charge is 0.398 e. The number of hydrogen-bond acceptors (Lipinski definition) is 2. The van der Waals surface area contributed by atoms with Crippen molar-refractivity contribution in [2.75, 3.05) is 16.4 Å². The second-order valence-electron chi connectivity index (χ2n) is 3.94. The fourth-order valence-electron chi connectivity index (χ4n) is 1.50. The van der Waals surface area contributed by atoms with Gasteiger partial charge in [-0.2, -0.15) is 0 Å². The number of amides is 2. The van der Waals surface area contributed by atoms with Crippen LogP contribution in [0.1, 0.15) is 0 Å². The summed E-state index contributed by atoms with van der Waals surface area (Å²) >= 11 is 15.1. The van der Waals surface area contributed by atoms with E-state index in [1.54, 1.807) is 36.4 Å². The molecule has 20 heavy (non-hydrogen) atoms. The van der Waals surface area contributed by atoms with Crippen LogP contribution in [0, 0.1) is 0 Å². The summed E-state index contributed by atoms with van der Waals surface area (Å²) in [6.45, 7) is 0. The van der Waals surface area contributed by atoms with E-state index < -0.39 is 6.03 Å². The Morgan fingerprint density at radius 1 is 1.10 bits per heavy atom. The average Bonchev–Trinajstić information content (AvgIpc) is 2.38. The third-order valence-electron chi connectivity index (χ3n) is 2.43. The molecular formula is C13H10BrCl2N3O. The highest BCUT2D eigenvalue weighted by Crippen LogP contribution is 2.26. The van der Waals surface area contributed by atoms with E-state index in [0.29, 0.717) is 27.1 Å². The van der Waals surface area contributed by atoms with Crippen molar-refractivity contribution in [3.63, 3.8) is 0 Å². The summed E-state index contributed by atoms with van der Waals surface area (Å²) in [5.74, 6) is 0. The van der Waals surface area contributed by atoms with Crippen LogP contribution < -0.4 is 16.4 Å². The van der Waals surface area contributed by atoms with Gasteiger partial charge >= 0.3 is 6.03 Å². The molecule has 2 aromatic carbocycles. The molecule has 0 aliphatic rings. The number of hydrogen-bond donors (Lipinski definition) is 3. The molecule has 0 radical (unpaired) electrons. The number of carbonyl (C=O) groups excluding carboxylic acids is 1. The Morgan fingerprint density at radius 2 is 1.85 bits per heavy atom. The molecule has 0 aliphatic carbocycles. The number of anilines is 3. The smallest absolute Gasteiger partial charge is 0.323 e. The lowest BCUT2D eigenvalue weighted by molar-refractivity contribution is 0.262. The summed E-state index contributed by atoms with van der Waals surface area (Å²) in [7, 11) is 0. The Hall–Kier alpha value is -1.43. The van der Waals surface area contributed by atoms with Crippen LogP contribution in [-0.2, 0) is 0 Å². The Labute approximate surface area is 134 Å². The number of urea groups is 1. The Bertz CT molecular complexity index is 664. The molecule has 7 heteroatoms. The molecule has 0 saturated carbocycles. The molecule has 0 aromatic heterocycles. The van der Waals surface area contributed by atoms with Gasteiger partial charge in [0.2, 0.25) is 0 Å². The van der Waals surface area contributed by atoms with Crippen LogP contribution in [0.5, 0.6) is 0 Å². The van der Waals surface area contributed by atoms with Gasteiger partial charge < -0.3 is 16.4 Å². The molecule has 0 unspecified atom stereocenters. The third-order valence-corrected chi connectivity index (χ3v) is 3.72. The number of nitrogens with one attached hydrogen (secondary N) is 2. The van der Waals surface area contributed by atoms with E-state index in [2.05, 4.69) is 26.6 Å². The van der Waals surface area contributed by atoms with Gasteiger partial charge in [-0.1, -0.05) is 23.2 Å².